The molecule has 1 aromatic heterocycles. The van der Waals surface area contributed by atoms with Gasteiger partial charge in [-0.1, -0.05) is 44.2 Å². The second-order valence-electron chi connectivity index (χ2n) is 8.98. The van der Waals surface area contributed by atoms with Crippen LogP contribution in [-0.2, 0) is 4.79 Å². The number of nitrogens with two attached hydrogens (primary N) is 2. The fourth-order valence-electron chi connectivity index (χ4n) is 3.85. The molecule has 0 saturated heterocycles. The lowest BCUT2D eigenvalue weighted by atomic mass is 10.0. The summed E-state index contributed by atoms with van der Waals surface area (Å²) >= 11 is 0.778. The van der Waals surface area contributed by atoms with Crippen molar-refractivity contribution in [2.45, 2.75) is 40.2 Å². The zero-order chi connectivity index (χ0) is 27.1. The molecule has 3 amide bonds. The number of nitrogen functional groups attached to an aromatic ring is 1. The lowest BCUT2D eigenvalue weighted by molar-refractivity contribution is -0.122. The standard InChI is InChI=1S/C27H33N5O4S/c1-5-36-19-12-10-18(11-13-19)23(26(34)30-15-14-16(2)3)32(20-9-7-6-8-17(20)4)27(35)24-21(28)22(25(29)33)31-37-24/h6-13,16,23H,5,14-15,28H2,1-4H3,(H2,29,33)(H,30,34). The fraction of sp³-hybridized carbons (Fsp3) is 0.333. The van der Waals surface area contributed by atoms with Crippen LogP contribution in [0.3, 0.4) is 0 Å². The maximum absolute atomic E-state index is 14.1. The van der Waals surface area contributed by atoms with Crippen molar-refractivity contribution in [1.29, 1.82) is 0 Å². The molecular weight excluding hydrogens is 490 g/mol. The van der Waals surface area contributed by atoms with Gasteiger partial charge in [0.05, 0.1) is 12.3 Å². The maximum atomic E-state index is 14.1. The van der Waals surface area contributed by atoms with Gasteiger partial charge in [-0.2, -0.15) is 4.37 Å². The van der Waals surface area contributed by atoms with Crippen LogP contribution in [-0.4, -0.2) is 35.2 Å². The van der Waals surface area contributed by atoms with Gasteiger partial charge in [-0.15, -0.1) is 0 Å². The third kappa shape index (κ3) is 6.45. The van der Waals surface area contributed by atoms with Gasteiger partial charge in [0.25, 0.3) is 11.8 Å². The number of carbonyl (C=O) groups is 3. The summed E-state index contributed by atoms with van der Waals surface area (Å²) in [6.45, 7) is 8.83. The average Bonchev–Trinajstić information content (AvgIpc) is 3.25. The van der Waals surface area contributed by atoms with Gasteiger partial charge >= 0.3 is 0 Å². The van der Waals surface area contributed by atoms with Crippen molar-refractivity contribution in [1.82, 2.24) is 9.69 Å². The summed E-state index contributed by atoms with van der Waals surface area (Å²) < 4.78 is 9.56. The molecule has 10 heteroatoms. The molecule has 0 saturated carbocycles. The van der Waals surface area contributed by atoms with Crippen LogP contribution < -0.4 is 26.4 Å². The summed E-state index contributed by atoms with van der Waals surface area (Å²) in [5.41, 5.74) is 13.1. The van der Waals surface area contributed by atoms with Crippen molar-refractivity contribution in [3.8, 4) is 5.75 Å². The number of hydrogen-bond donors (Lipinski definition) is 3. The largest absolute Gasteiger partial charge is 0.494 e. The summed E-state index contributed by atoms with van der Waals surface area (Å²) in [5.74, 6) is -0.696. The highest BCUT2D eigenvalue weighted by atomic mass is 32.1. The number of hydrogen-bond acceptors (Lipinski definition) is 7. The lowest BCUT2D eigenvalue weighted by Crippen LogP contribution is -2.44. The minimum absolute atomic E-state index is 0.0305. The number of rotatable bonds is 11. The Morgan fingerprint density at radius 3 is 2.35 bits per heavy atom. The van der Waals surface area contributed by atoms with Gasteiger partial charge in [0.15, 0.2) is 5.69 Å². The molecule has 0 fully saturated rings. The average molecular weight is 524 g/mol. The number of carbonyl (C=O) groups excluding carboxylic acids is 3. The summed E-state index contributed by atoms with van der Waals surface area (Å²) in [6, 6.07) is 13.3. The monoisotopic (exact) mass is 523 g/mol. The van der Waals surface area contributed by atoms with E-state index in [1.54, 1.807) is 36.4 Å². The van der Waals surface area contributed by atoms with Crippen LogP contribution in [0, 0.1) is 12.8 Å². The van der Waals surface area contributed by atoms with Crippen molar-refractivity contribution in [2.24, 2.45) is 11.7 Å². The Balaban J connectivity index is 2.16. The first-order valence-electron chi connectivity index (χ1n) is 12.1. The molecule has 0 radical (unpaired) electrons. The van der Waals surface area contributed by atoms with E-state index in [0.717, 1.165) is 23.5 Å². The van der Waals surface area contributed by atoms with E-state index in [2.05, 4.69) is 23.5 Å². The molecule has 1 unspecified atom stereocenters. The molecule has 1 heterocycles. The maximum Gasteiger partial charge on any atom is 0.273 e. The number of nitrogens with one attached hydrogen (secondary N) is 1. The van der Waals surface area contributed by atoms with Crippen molar-refractivity contribution in [3.05, 3.63) is 70.2 Å². The number of primary amides is 1. The molecule has 3 rings (SSSR count). The van der Waals surface area contributed by atoms with E-state index in [1.807, 2.05) is 26.0 Å². The van der Waals surface area contributed by atoms with Gasteiger partial charge < -0.3 is 21.5 Å². The first-order valence-corrected chi connectivity index (χ1v) is 12.9. The number of nitrogens with zero attached hydrogens (tertiary/aromatic N) is 2. The Hall–Kier alpha value is -3.92. The molecule has 0 aliphatic carbocycles. The molecule has 9 nitrogen and oxygen atoms in total. The third-order valence-corrected chi connectivity index (χ3v) is 6.63. The number of ether oxygens (including phenoxy) is 1. The summed E-state index contributed by atoms with van der Waals surface area (Å²) in [7, 11) is 0. The predicted octanol–water partition coefficient (Wildman–Crippen LogP) is 4.08. The Morgan fingerprint density at radius 2 is 1.78 bits per heavy atom. The summed E-state index contributed by atoms with van der Waals surface area (Å²) in [5, 5.41) is 2.98. The Morgan fingerprint density at radius 1 is 1.11 bits per heavy atom. The summed E-state index contributed by atoms with van der Waals surface area (Å²) in [6.07, 6.45) is 0.782. The number of para-hydroxylation sites is 1. The summed E-state index contributed by atoms with van der Waals surface area (Å²) in [4.78, 5) is 41.0. The minimum atomic E-state index is -1.03. The van der Waals surface area contributed by atoms with Crippen molar-refractivity contribution >= 4 is 40.6 Å². The SMILES string of the molecule is CCOc1ccc(C(C(=O)NCCC(C)C)N(C(=O)c2snc(C(N)=O)c2N)c2ccccc2C)cc1. The third-order valence-electron chi connectivity index (χ3n) is 5.78. The normalized spacial score (nSPS) is 11.7. The molecular formula is C27H33N5O4S. The lowest BCUT2D eigenvalue weighted by Gasteiger charge is -2.32. The zero-order valence-electron chi connectivity index (χ0n) is 21.5. The molecule has 196 valence electrons. The number of benzene rings is 2. The first-order chi connectivity index (χ1) is 17.6. The number of aromatic nitrogens is 1. The van der Waals surface area contributed by atoms with Crippen LogP contribution in [0.4, 0.5) is 11.4 Å². The fourth-order valence-corrected chi connectivity index (χ4v) is 4.59. The van der Waals surface area contributed by atoms with E-state index in [0.29, 0.717) is 36.1 Å². The van der Waals surface area contributed by atoms with Crippen molar-refractivity contribution in [2.75, 3.05) is 23.8 Å². The second-order valence-corrected chi connectivity index (χ2v) is 9.75. The van der Waals surface area contributed by atoms with Gasteiger partial charge in [-0.05, 0) is 67.0 Å². The smallest absolute Gasteiger partial charge is 0.273 e. The van der Waals surface area contributed by atoms with Crippen molar-refractivity contribution in [3.63, 3.8) is 0 Å². The molecule has 0 aliphatic heterocycles. The number of anilines is 2. The van der Waals surface area contributed by atoms with E-state index < -0.39 is 17.9 Å². The molecule has 5 N–H and O–H groups in total. The van der Waals surface area contributed by atoms with E-state index in [-0.39, 0.29) is 22.2 Å². The Kier molecular flexibility index (Phi) is 9.24. The highest BCUT2D eigenvalue weighted by Crippen LogP contribution is 2.35. The van der Waals surface area contributed by atoms with E-state index >= 15 is 0 Å². The molecule has 0 aliphatic rings. The molecule has 37 heavy (non-hydrogen) atoms. The second kappa shape index (κ2) is 12.4. The van der Waals surface area contributed by atoms with E-state index in [9.17, 15) is 14.4 Å². The van der Waals surface area contributed by atoms with Crippen LogP contribution in [0.1, 0.15) is 64.5 Å². The van der Waals surface area contributed by atoms with Gasteiger partial charge in [0.1, 0.15) is 16.7 Å². The quantitative estimate of drug-likeness (QED) is 0.346. The van der Waals surface area contributed by atoms with Crippen LogP contribution in [0.25, 0.3) is 0 Å². The number of aryl methyl sites for hydroxylation is 1. The minimum Gasteiger partial charge on any atom is -0.494 e. The van der Waals surface area contributed by atoms with Gasteiger partial charge in [0.2, 0.25) is 5.91 Å². The predicted molar refractivity (Wildman–Crippen MR) is 146 cm³/mol. The van der Waals surface area contributed by atoms with E-state index in [1.165, 1.54) is 4.90 Å². The van der Waals surface area contributed by atoms with Crippen LogP contribution in [0.2, 0.25) is 0 Å². The molecule has 0 spiro atoms. The van der Waals surface area contributed by atoms with Crippen LogP contribution in [0.5, 0.6) is 5.75 Å². The zero-order valence-corrected chi connectivity index (χ0v) is 22.3. The van der Waals surface area contributed by atoms with Crippen molar-refractivity contribution < 1.29 is 19.1 Å². The van der Waals surface area contributed by atoms with Gasteiger partial charge in [0, 0.05) is 12.2 Å². The van der Waals surface area contributed by atoms with Gasteiger partial charge in [-0.3, -0.25) is 19.3 Å². The highest BCUT2D eigenvalue weighted by molar-refractivity contribution is 7.09. The molecule has 2 aromatic carbocycles. The first kappa shape index (κ1) is 27.7. The topological polar surface area (TPSA) is 141 Å². The molecule has 3 aromatic rings. The van der Waals surface area contributed by atoms with E-state index in [4.69, 9.17) is 16.2 Å². The Bertz CT molecular complexity index is 1260. The van der Waals surface area contributed by atoms with Crippen LogP contribution >= 0.6 is 11.5 Å². The molecule has 0 bridgehead atoms. The number of amides is 3. The highest BCUT2D eigenvalue weighted by Gasteiger charge is 2.36. The van der Waals surface area contributed by atoms with Gasteiger partial charge in [-0.25, -0.2) is 0 Å². The Labute approximate surface area is 221 Å². The van der Waals surface area contributed by atoms with Crippen LogP contribution in [0.15, 0.2) is 48.5 Å². The molecule has 1 atom stereocenters.